The Labute approximate surface area is 159 Å². The maximum Gasteiger partial charge on any atom is 0.225 e. The molecule has 1 atom stereocenters. The number of imidazole rings is 1. The van der Waals surface area contributed by atoms with E-state index in [4.69, 9.17) is 0 Å². The van der Waals surface area contributed by atoms with E-state index in [9.17, 15) is 4.79 Å². The number of likely N-dealkylation sites (tertiary alicyclic amines) is 1. The lowest BCUT2D eigenvalue weighted by Crippen LogP contribution is -2.41. The number of amides is 1. The zero-order valence-electron chi connectivity index (χ0n) is 15.4. The standard InChI is InChI=1S/C22H24N4O/c27-22(17-6-7-17)26-11-2-3-16(15-26)14-25-12-10-24-21(25)20-5-1-4-18-13-23-9-8-19(18)20/h1,4-5,8-10,12-13,16-17H,2-3,6-7,11,14-15H2. The Bertz CT molecular complexity index is 970. The Morgan fingerprint density at radius 1 is 1.15 bits per heavy atom. The molecule has 1 amide bonds. The molecule has 5 heteroatoms. The van der Waals surface area contributed by atoms with Crippen LogP contribution in [0.3, 0.4) is 0 Å². The van der Waals surface area contributed by atoms with Gasteiger partial charge in [0.1, 0.15) is 5.82 Å². The quantitative estimate of drug-likeness (QED) is 0.712. The predicted molar refractivity (Wildman–Crippen MR) is 105 cm³/mol. The fourth-order valence-corrected chi connectivity index (χ4v) is 4.30. The predicted octanol–water partition coefficient (Wildman–Crippen LogP) is 3.75. The summed E-state index contributed by atoms with van der Waals surface area (Å²) < 4.78 is 2.25. The molecule has 0 N–H and O–H groups in total. The van der Waals surface area contributed by atoms with Gasteiger partial charge in [-0.1, -0.05) is 18.2 Å². The topological polar surface area (TPSA) is 51.0 Å². The van der Waals surface area contributed by atoms with Gasteiger partial charge in [0, 0.05) is 61.3 Å². The number of fused-ring (bicyclic) bond motifs is 1. The molecule has 1 aliphatic heterocycles. The van der Waals surface area contributed by atoms with Crippen LogP contribution in [0.4, 0.5) is 0 Å². The largest absolute Gasteiger partial charge is 0.342 e. The molecule has 3 heterocycles. The van der Waals surface area contributed by atoms with Gasteiger partial charge in [-0.2, -0.15) is 0 Å². The van der Waals surface area contributed by atoms with Crippen molar-refractivity contribution in [1.82, 2.24) is 19.4 Å². The van der Waals surface area contributed by atoms with E-state index >= 15 is 0 Å². The van der Waals surface area contributed by atoms with Gasteiger partial charge < -0.3 is 9.47 Å². The third kappa shape index (κ3) is 3.22. The van der Waals surface area contributed by atoms with E-state index in [1.807, 2.05) is 18.6 Å². The molecular weight excluding hydrogens is 336 g/mol. The molecule has 138 valence electrons. The van der Waals surface area contributed by atoms with E-state index in [0.29, 0.717) is 17.7 Å². The number of rotatable bonds is 4. The lowest BCUT2D eigenvalue weighted by Gasteiger charge is -2.33. The normalized spacial score (nSPS) is 20.1. The van der Waals surface area contributed by atoms with Gasteiger partial charge in [-0.05, 0) is 43.1 Å². The molecule has 2 aromatic heterocycles. The van der Waals surface area contributed by atoms with Gasteiger partial charge >= 0.3 is 0 Å². The van der Waals surface area contributed by atoms with Gasteiger partial charge in [0.05, 0.1) is 0 Å². The molecule has 1 unspecified atom stereocenters. The van der Waals surface area contributed by atoms with Crippen LogP contribution in [0, 0.1) is 11.8 Å². The van der Waals surface area contributed by atoms with Crippen molar-refractivity contribution in [2.75, 3.05) is 13.1 Å². The second kappa shape index (κ2) is 6.80. The Morgan fingerprint density at radius 2 is 2.07 bits per heavy atom. The first kappa shape index (κ1) is 16.5. The van der Waals surface area contributed by atoms with Crippen molar-refractivity contribution in [1.29, 1.82) is 0 Å². The molecule has 0 radical (unpaired) electrons. The number of piperidine rings is 1. The maximum absolute atomic E-state index is 12.4. The fourth-order valence-electron chi connectivity index (χ4n) is 4.30. The van der Waals surface area contributed by atoms with Gasteiger partial charge in [0.15, 0.2) is 0 Å². The average Bonchev–Trinajstić information content (AvgIpc) is 3.47. The minimum absolute atomic E-state index is 0.317. The molecule has 1 saturated carbocycles. The van der Waals surface area contributed by atoms with Crippen molar-refractivity contribution in [3.05, 3.63) is 49.1 Å². The molecule has 5 rings (SSSR count). The molecule has 0 spiro atoms. The first-order valence-corrected chi connectivity index (χ1v) is 9.92. The second-order valence-electron chi connectivity index (χ2n) is 7.87. The van der Waals surface area contributed by atoms with Crippen LogP contribution in [0.5, 0.6) is 0 Å². The summed E-state index contributed by atoms with van der Waals surface area (Å²) in [5.74, 6) is 2.19. The maximum atomic E-state index is 12.4. The van der Waals surface area contributed by atoms with Crippen molar-refractivity contribution in [2.45, 2.75) is 32.2 Å². The second-order valence-corrected chi connectivity index (χ2v) is 7.87. The molecule has 5 nitrogen and oxygen atoms in total. The molecule has 0 bridgehead atoms. The SMILES string of the molecule is O=C(C1CC1)N1CCCC(Cn2ccnc2-c2cccc3cnccc23)C1. The zero-order chi connectivity index (χ0) is 18.2. The van der Waals surface area contributed by atoms with Gasteiger partial charge in [-0.15, -0.1) is 0 Å². The average molecular weight is 360 g/mol. The van der Waals surface area contributed by atoms with Gasteiger partial charge in [0.2, 0.25) is 5.91 Å². The number of hydrogen-bond donors (Lipinski definition) is 0. The number of pyridine rings is 1. The summed E-state index contributed by atoms with van der Waals surface area (Å²) in [6.07, 6.45) is 12.1. The Kier molecular flexibility index (Phi) is 4.15. The van der Waals surface area contributed by atoms with Crippen LogP contribution >= 0.6 is 0 Å². The fraction of sp³-hybridized carbons (Fsp3) is 0.409. The minimum Gasteiger partial charge on any atom is -0.342 e. The first-order valence-electron chi connectivity index (χ1n) is 9.92. The third-order valence-electron chi connectivity index (χ3n) is 5.85. The molecule has 2 fully saturated rings. The van der Waals surface area contributed by atoms with Crippen LogP contribution in [-0.4, -0.2) is 38.4 Å². The van der Waals surface area contributed by atoms with Crippen LogP contribution in [0.15, 0.2) is 49.1 Å². The zero-order valence-corrected chi connectivity index (χ0v) is 15.4. The highest BCUT2D eigenvalue weighted by Crippen LogP contribution is 2.33. The van der Waals surface area contributed by atoms with E-state index in [1.165, 1.54) is 11.8 Å². The number of carbonyl (C=O) groups excluding carboxylic acids is 1. The van der Waals surface area contributed by atoms with E-state index < -0.39 is 0 Å². The summed E-state index contributed by atoms with van der Waals surface area (Å²) in [7, 11) is 0. The summed E-state index contributed by atoms with van der Waals surface area (Å²) in [4.78, 5) is 23.4. The molecule has 1 aromatic carbocycles. The van der Waals surface area contributed by atoms with Crippen molar-refractivity contribution in [2.24, 2.45) is 11.8 Å². The lowest BCUT2D eigenvalue weighted by molar-refractivity contribution is -0.134. The highest BCUT2D eigenvalue weighted by atomic mass is 16.2. The first-order chi connectivity index (χ1) is 13.3. The molecule has 27 heavy (non-hydrogen) atoms. The number of benzene rings is 1. The van der Waals surface area contributed by atoms with Gasteiger partial charge in [0.25, 0.3) is 0 Å². The van der Waals surface area contributed by atoms with Crippen LogP contribution in [0.2, 0.25) is 0 Å². The Balaban J connectivity index is 1.39. The van der Waals surface area contributed by atoms with E-state index in [-0.39, 0.29) is 0 Å². The summed E-state index contributed by atoms with van der Waals surface area (Å²) >= 11 is 0. The smallest absolute Gasteiger partial charge is 0.225 e. The summed E-state index contributed by atoms with van der Waals surface area (Å²) in [5.41, 5.74) is 1.14. The monoisotopic (exact) mass is 360 g/mol. The number of nitrogens with zero attached hydrogens (tertiary/aromatic N) is 4. The molecule has 2 aliphatic rings. The van der Waals surface area contributed by atoms with Crippen molar-refractivity contribution >= 4 is 16.7 Å². The number of hydrogen-bond acceptors (Lipinski definition) is 3. The Hall–Kier alpha value is -2.69. The van der Waals surface area contributed by atoms with Crippen LogP contribution in [0.25, 0.3) is 22.2 Å². The summed E-state index contributed by atoms with van der Waals surface area (Å²) in [5, 5.41) is 2.30. The minimum atomic E-state index is 0.317. The highest BCUT2D eigenvalue weighted by Gasteiger charge is 2.35. The van der Waals surface area contributed by atoms with Gasteiger partial charge in [-0.3, -0.25) is 9.78 Å². The lowest BCUT2D eigenvalue weighted by atomic mass is 9.97. The number of carbonyl (C=O) groups is 1. The third-order valence-corrected chi connectivity index (χ3v) is 5.85. The summed E-state index contributed by atoms with van der Waals surface area (Å²) in [6.45, 7) is 2.72. The van der Waals surface area contributed by atoms with E-state index in [1.54, 1.807) is 0 Å². The molecular formula is C22H24N4O. The van der Waals surface area contributed by atoms with Gasteiger partial charge in [-0.25, -0.2) is 4.98 Å². The van der Waals surface area contributed by atoms with E-state index in [2.05, 4.69) is 49.9 Å². The molecule has 1 saturated heterocycles. The van der Waals surface area contributed by atoms with Crippen molar-refractivity contribution in [3.63, 3.8) is 0 Å². The highest BCUT2D eigenvalue weighted by molar-refractivity contribution is 5.94. The van der Waals surface area contributed by atoms with E-state index in [0.717, 1.165) is 55.7 Å². The molecule has 1 aliphatic carbocycles. The summed E-state index contributed by atoms with van der Waals surface area (Å²) in [6, 6.07) is 8.34. The Morgan fingerprint density at radius 3 is 2.96 bits per heavy atom. The van der Waals surface area contributed by atoms with Crippen LogP contribution in [-0.2, 0) is 11.3 Å². The van der Waals surface area contributed by atoms with Crippen LogP contribution in [0.1, 0.15) is 25.7 Å². The van der Waals surface area contributed by atoms with Crippen molar-refractivity contribution in [3.8, 4) is 11.4 Å². The van der Waals surface area contributed by atoms with Crippen molar-refractivity contribution < 1.29 is 4.79 Å². The number of aromatic nitrogens is 3. The van der Waals surface area contributed by atoms with Crippen LogP contribution < -0.4 is 0 Å². The molecule has 3 aromatic rings.